The number of rotatable bonds is 2. The minimum Gasteiger partial charge on any atom is -0.389 e. The number of aromatic nitrogens is 1. The van der Waals surface area contributed by atoms with E-state index < -0.39 is 5.91 Å². The van der Waals surface area contributed by atoms with Crippen molar-refractivity contribution in [3.05, 3.63) is 16.1 Å². The second kappa shape index (κ2) is 2.76. The third-order valence-electron chi connectivity index (χ3n) is 0.939. The number of aliphatic hydroxyl groups excluding tert-OH is 1. The van der Waals surface area contributed by atoms with E-state index >= 15 is 0 Å². The largest absolute Gasteiger partial charge is 0.389 e. The fourth-order valence-electron chi connectivity index (χ4n) is 0.497. The zero-order valence-corrected chi connectivity index (χ0v) is 5.89. The number of thiazole rings is 1. The number of carbonyl (C=O) groups is 1. The maximum Gasteiger partial charge on any atom is 0.268 e. The zero-order chi connectivity index (χ0) is 7.56. The number of nitrogens with zero attached hydrogens (tertiary/aromatic N) is 1. The van der Waals surface area contributed by atoms with E-state index in [4.69, 9.17) is 10.8 Å². The maximum absolute atomic E-state index is 10.4. The lowest BCUT2D eigenvalue weighted by atomic mass is 10.5. The van der Waals surface area contributed by atoms with Gasteiger partial charge in [-0.05, 0) is 0 Å². The summed E-state index contributed by atoms with van der Waals surface area (Å²) in [7, 11) is 0. The fourth-order valence-corrected chi connectivity index (χ4v) is 1.14. The van der Waals surface area contributed by atoms with Gasteiger partial charge in [-0.25, -0.2) is 4.98 Å². The number of nitrogens with two attached hydrogens (primary N) is 1. The monoisotopic (exact) mass is 158 g/mol. The van der Waals surface area contributed by atoms with E-state index in [-0.39, 0.29) is 12.3 Å². The van der Waals surface area contributed by atoms with Crippen molar-refractivity contribution in [2.24, 2.45) is 5.73 Å². The summed E-state index contributed by atoms with van der Waals surface area (Å²) in [5.74, 6) is -0.559. The molecule has 1 aromatic heterocycles. The molecule has 0 saturated heterocycles. The van der Waals surface area contributed by atoms with Crippen molar-refractivity contribution in [2.75, 3.05) is 0 Å². The first-order valence-electron chi connectivity index (χ1n) is 2.59. The van der Waals surface area contributed by atoms with Gasteiger partial charge in [0.1, 0.15) is 10.7 Å². The van der Waals surface area contributed by atoms with Crippen LogP contribution in [0.15, 0.2) is 5.38 Å². The Morgan fingerprint density at radius 2 is 2.60 bits per heavy atom. The number of aliphatic hydroxyl groups is 1. The maximum atomic E-state index is 10.4. The van der Waals surface area contributed by atoms with Gasteiger partial charge in [-0.1, -0.05) is 0 Å². The minimum absolute atomic E-state index is 0.141. The summed E-state index contributed by atoms with van der Waals surface area (Å²) >= 11 is 1.22. The molecule has 3 N–H and O–H groups in total. The van der Waals surface area contributed by atoms with Crippen molar-refractivity contribution in [1.29, 1.82) is 0 Å². The van der Waals surface area contributed by atoms with Crippen molar-refractivity contribution in [3.8, 4) is 0 Å². The van der Waals surface area contributed by atoms with Crippen LogP contribution < -0.4 is 5.73 Å². The Morgan fingerprint density at radius 3 is 2.90 bits per heavy atom. The molecule has 5 heteroatoms. The molecule has 0 aliphatic carbocycles. The van der Waals surface area contributed by atoms with Gasteiger partial charge in [0.2, 0.25) is 0 Å². The number of carbonyl (C=O) groups excluding carboxylic acids is 1. The Bertz CT molecular complexity index is 246. The van der Waals surface area contributed by atoms with Crippen LogP contribution in [-0.2, 0) is 6.61 Å². The molecule has 0 radical (unpaired) electrons. The van der Waals surface area contributed by atoms with Gasteiger partial charge in [0.05, 0.1) is 6.61 Å². The van der Waals surface area contributed by atoms with E-state index in [1.807, 2.05) is 0 Å². The van der Waals surface area contributed by atoms with Crippen molar-refractivity contribution >= 4 is 17.2 Å². The SMILES string of the molecule is NC(=O)c1csc(CO)n1. The summed E-state index contributed by atoms with van der Waals surface area (Å²) in [6.07, 6.45) is 0. The summed E-state index contributed by atoms with van der Waals surface area (Å²) in [6.45, 7) is -0.141. The highest BCUT2D eigenvalue weighted by molar-refractivity contribution is 7.09. The summed E-state index contributed by atoms with van der Waals surface area (Å²) in [6, 6.07) is 0. The Morgan fingerprint density at radius 1 is 1.90 bits per heavy atom. The zero-order valence-electron chi connectivity index (χ0n) is 5.07. The molecule has 0 aliphatic heterocycles. The van der Waals surface area contributed by atoms with E-state index in [0.29, 0.717) is 5.01 Å². The minimum atomic E-state index is -0.559. The molecule has 0 atom stereocenters. The first kappa shape index (κ1) is 7.17. The van der Waals surface area contributed by atoms with Crippen LogP contribution in [0.25, 0.3) is 0 Å². The highest BCUT2D eigenvalue weighted by Crippen LogP contribution is 2.07. The standard InChI is InChI=1S/C5H6N2O2S/c6-5(9)3-2-10-4(1-8)7-3/h2,8H,1H2,(H2,6,9). The van der Waals surface area contributed by atoms with Gasteiger partial charge in [-0.3, -0.25) is 4.79 Å². The van der Waals surface area contributed by atoms with Gasteiger partial charge in [0.25, 0.3) is 5.91 Å². The quantitative estimate of drug-likeness (QED) is 0.622. The van der Waals surface area contributed by atoms with Crippen LogP contribution in [0.4, 0.5) is 0 Å². The predicted octanol–water partition coefficient (Wildman–Crippen LogP) is -0.266. The molecule has 0 unspecified atom stereocenters. The first-order valence-corrected chi connectivity index (χ1v) is 3.47. The fraction of sp³-hybridized carbons (Fsp3) is 0.200. The summed E-state index contributed by atoms with van der Waals surface area (Å²) in [5.41, 5.74) is 5.12. The molecule has 1 heterocycles. The molecule has 1 amide bonds. The molecule has 4 nitrogen and oxygen atoms in total. The van der Waals surface area contributed by atoms with Crippen LogP contribution >= 0.6 is 11.3 Å². The lowest BCUT2D eigenvalue weighted by Crippen LogP contribution is -2.11. The third kappa shape index (κ3) is 1.31. The number of hydrogen-bond donors (Lipinski definition) is 2. The molecule has 0 aromatic carbocycles. The Labute approximate surface area is 61.3 Å². The highest BCUT2D eigenvalue weighted by Gasteiger charge is 2.04. The van der Waals surface area contributed by atoms with Gasteiger partial charge in [0, 0.05) is 5.38 Å². The summed E-state index contributed by atoms with van der Waals surface area (Å²) in [5, 5.41) is 10.6. The Balaban J connectivity index is 2.88. The second-order valence-corrected chi connectivity index (χ2v) is 2.59. The Hall–Kier alpha value is -0.940. The average molecular weight is 158 g/mol. The van der Waals surface area contributed by atoms with Crippen LogP contribution in [0, 0.1) is 0 Å². The van der Waals surface area contributed by atoms with E-state index in [1.54, 1.807) is 0 Å². The van der Waals surface area contributed by atoms with E-state index in [2.05, 4.69) is 4.98 Å². The third-order valence-corrected chi connectivity index (χ3v) is 1.77. The van der Waals surface area contributed by atoms with Crippen molar-refractivity contribution < 1.29 is 9.90 Å². The van der Waals surface area contributed by atoms with Crippen molar-refractivity contribution in [2.45, 2.75) is 6.61 Å². The van der Waals surface area contributed by atoms with Gasteiger partial charge in [0.15, 0.2) is 0 Å². The van der Waals surface area contributed by atoms with Gasteiger partial charge in [-0.15, -0.1) is 11.3 Å². The molecule has 0 bridgehead atoms. The topological polar surface area (TPSA) is 76.2 Å². The van der Waals surface area contributed by atoms with E-state index in [9.17, 15) is 4.79 Å². The number of hydrogen-bond acceptors (Lipinski definition) is 4. The molecule has 10 heavy (non-hydrogen) atoms. The van der Waals surface area contributed by atoms with Crippen molar-refractivity contribution in [1.82, 2.24) is 4.98 Å². The smallest absolute Gasteiger partial charge is 0.268 e. The van der Waals surface area contributed by atoms with Crippen LogP contribution in [0.2, 0.25) is 0 Å². The normalized spacial score (nSPS) is 9.70. The molecule has 1 rings (SSSR count). The first-order chi connectivity index (χ1) is 4.74. The molecule has 0 fully saturated rings. The summed E-state index contributed by atoms with van der Waals surface area (Å²) < 4.78 is 0. The molecule has 54 valence electrons. The Kier molecular flexibility index (Phi) is 1.98. The molecular weight excluding hydrogens is 152 g/mol. The van der Waals surface area contributed by atoms with E-state index in [0.717, 1.165) is 0 Å². The van der Waals surface area contributed by atoms with Gasteiger partial charge >= 0.3 is 0 Å². The average Bonchev–Trinajstić information content (AvgIpc) is 2.34. The van der Waals surface area contributed by atoms with Crippen LogP contribution in [0.5, 0.6) is 0 Å². The van der Waals surface area contributed by atoms with Crippen LogP contribution in [-0.4, -0.2) is 16.0 Å². The van der Waals surface area contributed by atoms with Crippen molar-refractivity contribution in [3.63, 3.8) is 0 Å². The van der Waals surface area contributed by atoms with Crippen LogP contribution in [0.1, 0.15) is 15.5 Å². The lowest BCUT2D eigenvalue weighted by molar-refractivity contribution is 0.0996. The molecule has 0 saturated carbocycles. The molecule has 0 spiro atoms. The summed E-state index contributed by atoms with van der Waals surface area (Å²) in [4.78, 5) is 14.1. The predicted molar refractivity (Wildman–Crippen MR) is 36.6 cm³/mol. The second-order valence-electron chi connectivity index (χ2n) is 1.65. The van der Waals surface area contributed by atoms with Crippen LogP contribution in [0.3, 0.4) is 0 Å². The highest BCUT2D eigenvalue weighted by atomic mass is 32.1. The molecule has 1 aromatic rings. The van der Waals surface area contributed by atoms with Gasteiger partial charge in [-0.2, -0.15) is 0 Å². The van der Waals surface area contributed by atoms with Gasteiger partial charge < -0.3 is 10.8 Å². The van der Waals surface area contributed by atoms with E-state index in [1.165, 1.54) is 16.7 Å². The molecular formula is C5H6N2O2S. The molecule has 0 aliphatic rings. The lowest BCUT2D eigenvalue weighted by Gasteiger charge is -1.83. The number of amides is 1. The number of primary amides is 1.